The van der Waals surface area contributed by atoms with Crippen molar-refractivity contribution < 1.29 is 13.6 Å². The first-order valence-electron chi connectivity index (χ1n) is 3.90. The molecule has 1 heterocycles. The highest BCUT2D eigenvalue weighted by Crippen LogP contribution is 2.21. The first-order chi connectivity index (χ1) is 6.31. The normalized spacial score (nSPS) is 10.5. The average Bonchev–Trinajstić information content (AvgIpc) is 2.49. The molecule has 13 heavy (non-hydrogen) atoms. The van der Waals surface area contributed by atoms with Crippen molar-refractivity contribution in [2.75, 3.05) is 0 Å². The molecule has 2 rings (SSSR count). The van der Waals surface area contributed by atoms with E-state index >= 15 is 0 Å². The van der Waals surface area contributed by atoms with Gasteiger partial charge in [0, 0.05) is 23.4 Å². The maximum absolute atomic E-state index is 12.7. The van der Waals surface area contributed by atoms with Gasteiger partial charge in [-0.3, -0.25) is 0 Å². The molecule has 0 fully saturated rings. The van der Waals surface area contributed by atoms with E-state index in [1.54, 1.807) is 6.07 Å². The monoisotopic (exact) mass is 178 g/mol. The number of aldehydes is 1. The van der Waals surface area contributed by atoms with Gasteiger partial charge in [-0.1, -0.05) is 0 Å². The van der Waals surface area contributed by atoms with Gasteiger partial charge in [0.15, 0.2) is 0 Å². The predicted molar refractivity (Wildman–Crippen MR) is 45.9 cm³/mol. The van der Waals surface area contributed by atoms with Crippen molar-refractivity contribution in [3.63, 3.8) is 0 Å². The number of carbonyl (C=O) groups excluding carboxylic acids is 1. The molecule has 0 aliphatic rings. The number of rotatable bonds is 2. The quantitative estimate of drug-likeness (QED) is 0.660. The lowest BCUT2D eigenvalue weighted by Crippen LogP contribution is -1.82. The van der Waals surface area contributed by atoms with Crippen LogP contribution in [0.2, 0.25) is 0 Å². The van der Waals surface area contributed by atoms with E-state index in [9.17, 15) is 9.18 Å². The van der Waals surface area contributed by atoms with Gasteiger partial charge in [0.05, 0.1) is 6.26 Å². The third-order valence-corrected chi connectivity index (χ3v) is 1.92. The SMILES string of the molecule is O=CCc1coc2cc(F)ccc12. The largest absolute Gasteiger partial charge is 0.464 e. The number of hydrogen-bond acceptors (Lipinski definition) is 2. The van der Waals surface area contributed by atoms with E-state index in [1.807, 2.05) is 0 Å². The lowest BCUT2D eigenvalue weighted by atomic mass is 10.1. The molecule has 0 saturated carbocycles. The molecule has 0 bridgehead atoms. The average molecular weight is 178 g/mol. The van der Waals surface area contributed by atoms with Crippen LogP contribution in [0.25, 0.3) is 11.0 Å². The molecule has 0 radical (unpaired) electrons. The number of fused-ring (bicyclic) bond motifs is 1. The van der Waals surface area contributed by atoms with Crippen LogP contribution in [0.5, 0.6) is 0 Å². The molecule has 0 unspecified atom stereocenters. The van der Waals surface area contributed by atoms with E-state index in [0.29, 0.717) is 12.0 Å². The molecule has 0 spiro atoms. The molecule has 0 aliphatic heterocycles. The van der Waals surface area contributed by atoms with Crippen LogP contribution >= 0.6 is 0 Å². The molecule has 0 atom stereocenters. The fourth-order valence-corrected chi connectivity index (χ4v) is 1.30. The number of furan rings is 1. The Balaban J connectivity index is 2.61. The molecule has 2 aromatic rings. The highest BCUT2D eigenvalue weighted by Gasteiger charge is 2.05. The summed E-state index contributed by atoms with van der Waals surface area (Å²) in [5.74, 6) is -0.334. The van der Waals surface area contributed by atoms with Gasteiger partial charge >= 0.3 is 0 Å². The topological polar surface area (TPSA) is 30.2 Å². The fourth-order valence-electron chi connectivity index (χ4n) is 1.30. The van der Waals surface area contributed by atoms with Crippen LogP contribution in [-0.2, 0) is 11.2 Å². The summed E-state index contributed by atoms with van der Waals surface area (Å²) in [5.41, 5.74) is 1.28. The van der Waals surface area contributed by atoms with Crippen molar-refractivity contribution in [1.82, 2.24) is 0 Å². The van der Waals surface area contributed by atoms with Gasteiger partial charge in [0.25, 0.3) is 0 Å². The fraction of sp³-hybridized carbons (Fsp3) is 0.100. The number of hydrogen-bond donors (Lipinski definition) is 0. The minimum atomic E-state index is -0.334. The van der Waals surface area contributed by atoms with Gasteiger partial charge in [0.2, 0.25) is 0 Å². The zero-order valence-electron chi connectivity index (χ0n) is 6.79. The van der Waals surface area contributed by atoms with Crippen molar-refractivity contribution in [2.24, 2.45) is 0 Å². The standard InChI is InChI=1S/C10H7FO2/c11-8-1-2-9-7(3-4-12)6-13-10(9)5-8/h1-2,4-6H,3H2. The van der Waals surface area contributed by atoms with Crippen LogP contribution in [0, 0.1) is 5.82 Å². The molecule has 3 heteroatoms. The molecule has 0 N–H and O–H groups in total. The Kier molecular flexibility index (Phi) is 1.85. The Hall–Kier alpha value is -1.64. The van der Waals surface area contributed by atoms with Crippen molar-refractivity contribution in [2.45, 2.75) is 6.42 Å². The zero-order valence-corrected chi connectivity index (χ0v) is 6.79. The number of benzene rings is 1. The van der Waals surface area contributed by atoms with Crippen molar-refractivity contribution in [1.29, 1.82) is 0 Å². The van der Waals surface area contributed by atoms with Gasteiger partial charge in [-0.2, -0.15) is 0 Å². The first kappa shape index (κ1) is 7.98. The van der Waals surface area contributed by atoms with Gasteiger partial charge in [-0.15, -0.1) is 0 Å². The van der Waals surface area contributed by atoms with Crippen LogP contribution in [0.15, 0.2) is 28.9 Å². The van der Waals surface area contributed by atoms with Crippen molar-refractivity contribution in [3.8, 4) is 0 Å². The molecule has 0 amide bonds. The summed E-state index contributed by atoms with van der Waals surface area (Å²) in [6.45, 7) is 0. The summed E-state index contributed by atoms with van der Waals surface area (Å²) in [6.07, 6.45) is 2.59. The van der Waals surface area contributed by atoms with Gasteiger partial charge in [0.1, 0.15) is 17.7 Å². The lowest BCUT2D eigenvalue weighted by molar-refractivity contribution is -0.107. The summed E-state index contributed by atoms with van der Waals surface area (Å²) < 4.78 is 17.8. The summed E-state index contributed by atoms with van der Waals surface area (Å²) in [5, 5.41) is 0.800. The minimum absolute atomic E-state index is 0.304. The van der Waals surface area contributed by atoms with Crippen LogP contribution in [0.1, 0.15) is 5.56 Å². The van der Waals surface area contributed by atoms with Crippen LogP contribution in [-0.4, -0.2) is 6.29 Å². The molecular weight excluding hydrogens is 171 g/mol. The van der Waals surface area contributed by atoms with Gasteiger partial charge in [-0.25, -0.2) is 4.39 Å². The lowest BCUT2D eigenvalue weighted by Gasteiger charge is -1.90. The van der Waals surface area contributed by atoms with E-state index in [0.717, 1.165) is 17.2 Å². The molecule has 0 saturated heterocycles. The van der Waals surface area contributed by atoms with Crippen LogP contribution in [0.3, 0.4) is 0 Å². The Morgan fingerprint density at radius 1 is 1.46 bits per heavy atom. The number of halogens is 1. The third-order valence-electron chi connectivity index (χ3n) is 1.92. The van der Waals surface area contributed by atoms with Crippen molar-refractivity contribution >= 4 is 17.3 Å². The summed E-state index contributed by atoms with van der Waals surface area (Å²) in [4.78, 5) is 10.3. The molecule has 2 nitrogen and oxygen atoms in total. The predicted octanol–water partition coefficient (Wildman–Crippen LogP) is 2.31. The van der Waals surface area contributed by atoms with Crippen LogP contribution in [0.4, 0.5) is 4.39 Å². The Morgan fingerprint density at radius 2 is 2.31 bits per heavy atom. The second-order valence-electron chi connectivity index (χ2n) is 2.77. The van der Waals surface area contributed by atoms with E-state index in [2.05, 4.69) is 0 Å². The second-order valence-corrected chi connectivity index (χ2v) is 2.77. The van der Waals surface area contributed by atoms with E-state index in [-0.39, 0.29) is 5.82 Å². The third kappa shape index (κ3) is 1.33. The van der Waals surface area contributed by atoms with E-state index in [4.69, 9.17) is 4.42 Å². The molecule has 66 valence electrons. The smallest absolute Gasteiger partial charge is 0.137 e. The maximum Gasteiger partial charge on any atom is 0.137 e. The zero-order chi connectivity index (χ0) is 9.26. The summed E-state index contributed by atoms with van der Waals surface area (Å²) in [6, 6.07) is 4.28. The second kappa shape index (κ2) is 3.01. The Morgan fingerprint density at radius 3 is 3.08 bits per heavy atom. The van der Waals surface area contributed by atoms with Gasteiger partial charge < -0.3 is 9.21 Å². The minimum Gasteiger partial charge on any atom is -0.464 e. The van der Waals surface area contributed by atoms with E-state index in [1.165, 1.54) is 18.4 Å². The molecular formula is C10H7FO2. The highest BCUT2D eigenvalue weighted by molar-refractivity contribution is 5.83. The maximum atomic E-state index is 12.7. The summed E-state index contributed by atoms with van der Waals surface area (Å²) >= 11 is 0. The van der Waals surface area contributed by atoms with Gasteiger partial charge in [-0.05, 0) is 12.1 Å². The Labute approximate surface area is 74.0 Å². The number of carbonyl (C=O) groups is 1. The van der Waals surface area contributed by atoms with E-state index < -0.39 is 0 Å². The Bertz CT molecular complexity index is 445. The summed E-state index contributed by atoms with van der Waals surface area (Å²) in [7, 11) is 0. The van der Waals surface area contributed by atoms with Crippen LogP contribution < -0.4 is 0 Å². The highest BCUT2D eigenvalue weighted by atomic mass is 19.1. The molecule has 0 aliphatic carbocycles. The first-order valence-corrected chi connectivity index (χ1v) is 3.90. The van der Waals surface area contributed by atoms with Crippen molar-refractivity contribution in [3.05, 3.63) is 35.8 Å². The molecule has 1 aromatic carbocycles. The molecule has 1 aromatic heterocycles.